The third-order valence-corrected chi connectivity index (χ3v) is 3.27. The fraction of sp³-hybridized carbons (Fsp3) is 0.375. The molecule has 0 fully saturated rings. The van der Waals surface area contributed by atoms with Crippen molar-refractivity contribution in [1.29, 1.82) is 0 Å². The van der Waals surface area contributed by atoms with Gasteiger partial charge in [-0.25, -0.2) is 4.99 Å². The number of hydrogen-bond acceptors (Lipinski definition) is 2. The van der Waals surface area contributed by atoms with E-state index in [9.17, 15) is 0 Å². The monoisotopic (exact) mass is 285 g/mol. The highest BCUT2D eigenvalue weighted by Gasteiger charge is 2.07. The zero-order valence-electron chi connectivity index (χ0n) is 13.0. The molecule has 0 atom stereocenters. The molecule has 1 aromatic heterocycles. The lowest BCUT2D eigenvalue weighted by Gasteiger charge is -2.22. The molecule has 0 aliphatic rings. The second-order valence-electron chi connectivity index (χ2n) is 4.96. The highest BCUT2D eigenvalue weighted by molar-refractivity contribution is 5.79. The van der Waals surface area contributed by atoms with Crippen LogP contribution >= 0.6 is 0 Å². The lowest BCUT2D eigenvalue weighted by molar-refractivity contribution is 0.476. The molecule has 0 saturated carbocycles. The van der Waals surface area contributed by atoms with Gasteiger partial charge in [-0.05, 0) is 18.6 Å². The standard InChI is InChI=1S/C16H23N5/c1-4-17-16(18-12-15-10-11-19-21(15)3)20(2)13-14-8-6-5-7-9-14/h5-11H,4,12-13H2,1-3H3,(H,17,18). The van der Waals surface area contributed by atoms with Gasteiger partial charge in [0.2, 0.25) is 0 Å². The number of guanidine groups is 1. The number of aryl methyl sites for hydroxylation is 1. The molecule has 5 nitrogen and oxygen atoms in total. The van der Waals surface area contributed by atoms with E-state index in [0.717, 1.165) is 24.7 Å². The zero-order valence-corrected chi connectivity index (χ0v) is 13.0. The van der Waals surface area contributed by atoms with E-state index in [4.69, 9.17) is 0 Å². The van der Waals surface area contributed by atoms with Gasteiger partial charge in [0, 0.05) is 33.4 Å². The van der Waals surface area contributed by atoms with E-state index >= 15 is 0 Å². The first-order valence-corrected chi connectivity index (χ1v) is 7.21. The lowest BCUT2D eigenvalue weighted by Crippen LogP contribution is -2.38. The average Bonchev–Trinajstić information content (AvgIpc) is 2.90. The molecule has 0 radical (unpaired) electrons. The van der Waals surface area contributed by atoms with Gasteiger partial charge in [-0.15, -0.1) is 0 Å². The maximum absolute atomic E-state index is 4.68. The molecule has 0 aliphatic heterocycles. The Labute approximate surface area is 126 Å². The van der Waals surface area contributed by atoms with Gasteiger partial charge in [0.05, 0.1) is 12.2 Å². The summed E-state index contributed by atoms with van der Waals surface area (Å²) in [6.45, 7) is 4.38. The number of rotatable bonds is 5. The van der Waals surface area contributed by atoms with Gasteiger partial charge in [0.25, 0.3) is 0 Å². The molecule has 0 unspecified atom stereocenters. The normalized spacial score (nSPS) is 11.5. The largest absolute Gasteiger partial charge is 0.357 e. The van der Waals surface area contributed by atoms with Crippen LogP contribution in [0.1, 0.15) is 18.2 Å². The fourth-order valence-corrected chi connectivity index (χ4v) is 2.11. The number of aromatic nitrogens is 2. The highest BCUT2D eigenvalue weighted by Crippen LogP contribution is 2.04. The molecular weight excluding hydrogens is 262 g/mol. The van der Waals surface area contributed by atoms with Gasteiger partial charge in [-0.2, -0.15) is 5.10 Å². The van der Waals surface area contributed by atoms with E-state index in [1.54, 1.807) is 6.20 Å². The van der Waals surface area contributed by atoms with Crippen molar-refractivity contribution < 1.29 is 0 Å². The smallest absolute Gasteiger partial charge is 0.194 e. The van der Waals surface area contributed by atoms with E-state index in [2.05, 4.69) is 58.5 Å². The first-order valence-electron chi connectivity index (χ1n) is 7.21. The predicted molar refractivity (Wildman–Crippen MR) is 85.9 cm³/mol. The second-order valence-corrected chi connectivity index (χ2v) is 4.96. The summed E-state index contributed by atoms with van der Waals surface area (Å²) in [4.78, 5) is 6.82. The first-order chi connectivity index (χ1) is 10.2. The van der Waals surface area contributed by atoms with Gasteiger partial charge >= 0.3 is 0 Å². The van der Waals surface area contributed by atoms with Crippen LogP contribution in [0.3, 0.4) is 0 Å². The lowest BCUT2D eigenvalue weighted by atomic mass is 10.2. The molecule has 2 aromatic rings. The van der Waals surface area contributed by atoms with Crippen LogP contribution < -0.4 is 5.32 Å². The predicted octanol–water partition coefficient (Wildman–Crippen LogP) is 2.02. The summed E-state index contributed by atoms with van der Waals surface area (Å²) in [5, 5.41) is 7.50. The minimum Gasteiger partial charge on any atom is -0.357 e. The van der Waals surface area contributed by atoms with Crippen LogP contribution in [0.2, 0.25) is 0 Å². The van der Waals surface area contributed by atoms with Gasteiger partial charge < -0.3 is 10.2 Å². The summed E-state index contributed by atoms with van der Waals surface area (Å²) in [5.74, 6) is 0.905. The van der Waals surface area contributed by atoms with Crippen molar-refractivity contribution in [3.8, 4) is 0 Å². The molecule has 0 spiro atoms. The maximum atomic E-state index is 4.68. The molecule has 0 bridgehead atoms. The van der Waals surface area contributed by atoms with Crippen LogP contribution in [0.4, 0.5) is 0 Å². The minimum atomic E-state index is 0.623. The van der Waals surface area contributed by atoms with Crippen LogP contribution in [-0.4, -0.2) is 34.2 Å². The topological polar surface area (TPSA) is 45.5 Å². The van der Waals surface area contributed by atoms with Crippen LogP contribution in [0.25, 0.3) is 0 Å². The van der Waals surface area contributed by atoms with E-state index in [0.29, 0.717) is 6.54 Å². The Morgan fingerprint density at radius 1 is 1.29 bits per heavy atom. The molecular formula is C16H23N5. The number of aliphatic imine (C=N–C) groups is 1. The summed E-state index contributed by atoms with van der Waals surface area (Å²) in [5.41, 5.74) is 2.37. The van der Waals surface area contributed by atoms with Crippen molar-refractivity contribution in [2.24, 2.45) is 12.0 Å². The maximum Gasteiger partial charge on any atom is 0.194 e. The van der Waals surface area contributed by atoms with Crippen LogP contribution in [-0.2, 0) is 20.1 Å². The zero-order chi connectivity index (χ0) is 15.1. The van der Waals surface area contributed by atoms with Crippen LogP contribution in [0.15, 0.2) is 47.6 Å². The summed E-state index contributed by atoms with van der Waals surface area (Å²) in [6, 6.07) is 12.4. The molecule has 1 heterocycles. The Morgan fingerprint density at radius 2 is 2.05 bits per heavy atom. The molecule has 1 aromatic carbocycles. The van der Waals surface area contributed by atoms with Gasteiger partial charge in [-0.1, -0.05) is 30.3 Å². The molecule has 21 heavy (non-hydrogen) atoms. The molecule has 5 heteroatoms. The summed E-state index contributed by atoms with van der Waals surface area (Å²) >= 11 is 0. The highest BCUT2D eigenvalue weighted by atomic mass is 15.3. The van der Waals surface area contributed by atoms with Crippen LogP contribution in [0.5, 0.6) is 0 Å². The third-order valence-electron chi connectivity index (χ3n) is 3.27. The Balaban J connectivity index is 2.05. The van der Waals surface area contributed by atoms with Crippen molar-refractivity contribution in [3.63, 3.8) is 0 Å². The molecule has 2 rings (SSSR count). The van der Waals surface area contributed by atoms with Crippen molar-refractivity contribution in [2.75, 3.05) is 13.6 Å². The Kier molecular flexibility index (Phi) is 5.37. The Morgan fingerprint density at radius 3 is 2.67 bits per heavy atom. The van der Waals surface area contributed by atoms with E-state index in [1.807, 2.05) is 23.9 Å². The Hall–Kier alpha value is -2.30. The first kappa shape index (κ1) is 15.1. The molecule has 1 N–H and O–H groups in total. The molecule has 0 saturated heterocycles. The van der Waals surface area contributed by atoms with Crippen molar-refractivity contribution in [1.82, 2.24) is 20.0 Å². The molecule has 0 aliphatic carbocycles. The average molecular weight is 285 g/mol. The van der Waals surface area contributed by atoms with Crippen LogP contribution in [0, 0.1) is 0 Å². The SMILES string of the molecule is CCNC(=NCc1ccnn1C)N(C)Cc1ccccc1. The molecule has 0 amide bonds. The summed E-state index contributed by atoms with van der Waals surface area (Å²) in [7, 11) is 3.99. The van der Waals surface area contributed by atoms with E-state index in [1.165, 1.54) is 5.56 Å². The summed E-state index contributed by atoms with van der Waals surface area (Å²) in [6.07, 6.45) is 1.80. The quantitative estimate of drug-likeness (QED) is 0.675. The number of nitrogens with one attached hydrogen (secondary N) is 1. The molecule has 112 valence electrons. The third kappa shape index (κ3) is 4.34. The fourth-order valence-electron chi connectivity index (χ4n) is 2.11. The number of hydrogen-bond donors (Lipinski definition) is 1. The van der Waals surface area contributed by atoms with Crippen molar-refractivity contribution in [3.05, 3.63) is 53.9 Å². The second kappa shape index (κ2) is 7.47. The van der Waals surface area contributed by atoms with Gasteiger partial charge in [-0.3, -0.25) is 4.68 Å². The minimum absolute atomic E-state index is 0.623. The van der Waals surface area contributed by atoms with Gasteiger partial charge in [0.1, 0.15) is 0 Å². The van der Waals surface area contributed by atoms with Gasteiger partial charge in [0.15, 0.2) is 5.96 Å². The number of benzene rings is 1. The van der Waals surface area contributed by atoms with Crippen molar-refractivity contribution in [2.45, 2.75) is 20.0 Å². The van der Waals surface area contributed by atoms with E-state index in [-0.39, 0.29) is 0 Å². The van der Waals surface area contributed by atoms with E-state index < -0.39 is 0 Å². The van der Waals surface area contributed by atoms with Crippen molar-refractivity contribution >= 4 is 5.96 Å². The Bertz CT molecular complexity index is 573. The summed E-state index contributed by atoms with van der Waals surface area (Å²) < 4.78 is 1.85. The number of nitrogens with zero attached hydrogens (tertiary/aromatic N) is 4.